The number of fused-ring (bicyclic) bond motifs is 1. The summed E-state index contributed by atoms with van der Waals surface area (Å²) in [4.78, 5) is 20.1. The predicted octanol–water partition coefficient (Wildman–Crippen LogP) is 5.30. The number of hydrogen-bond acceptors (Lipinski definition) is 3. The highest BCUT2D eigenvalue weighted by Gasteiger charge is 2.17. The number of aromatic amines is 1. The summed E-state index contributed by atoms with van der Waals surface area (Å²) >= 11 is 13.3. The Balaban J connectivity index is 1.70. The molecule has 0 saturated carbocycles. The number of carbonyl (C=O) groups is 1. The van der Waals surface area contributed by atoms with Crippen molar-refractivity contribution in [3.8, 4) is 0 Å². The Morgan fingerprint density at radius 3 is 2.62 bits per heavy atom. The SMILES string of the molecule is Cc1ccc2nc(SC(C)C(=O)Nc3cc(Cl)cc(Cl)c3)[nH]c2c1. The molecule has 1 atom stereocenters. The van der Waals surface area contributed by atoms with Crippen molar-refractivity contribution < 1.29 is 4.79 Å². The second-order valence-electron chi connectivity index (χ2n) is 5.47. The molecule has 0 aliphatic heterocycles. The van der Waals surface area contributed by atoms with E-state index in [0.29, 0.717) is 20.9 Å². The van der Waals surface area contributed by atoms with Crippen molar-refractivity contribution in [2.45, 2.75) is 24.3 Å². The summed E-state index contributed by atoms with van der Waals surface area (Å²) in [5, 5.41) is 4.15. The third kappa shape index (κ3) is 4.04. The van der Waals surface area contributed by atoms with Crippen LogP contribution >= 0.6 is 35.0 Å². The topological polar surface area (TPSA) is 57.8 Å². The number of imidazole rings is 1. The van der Waals surface area contributed by atoms with Gasteiger partial charge in [0.25, 0.3) is 0 Å². The van der Waals surface area contributed by atoms with Crippen molar-refractivity contribution in [1.82, 2.24) is 9.97 Å². The minimum Gasteiger partial charge on any atom is -0.333 e. The number of rotatable bonds is 4. The molecular weight excluding hydrogens is 365 g/mol. The number of amides is 1. The van der Waals surface area contributed by atoms with Crippen molar-refractivity contribution in [1.29, 1.82) is 0 Å². The van der Waals surface area contributed by atoms with E-state index in [9.17, 15) is 4.79 Å². The van der Waals surface area contributed by atoms with Gasteiger partial charge in [-0.2, -0.15) is 0 Å². The zero-order valence-corrected chi connectivity index (χ0v) is 15.4. The van der Waals surface area contributed by atoms with E-state index in [4.69, 9.17) is 23.2 Å². The van der Waals surface area contributed by atoms with Gasteiger partial charge in [0.2, 0.25) is 5.91 Å². The number of benzene rings is 2. The molecule has 0 spiro atoms. The summed E-state index contributed by atoms with van der Waals surface area (Å²) in [6.07, 6.45) is 0. The third-order valence-electron chi connectivity index (χ3n) is 3.40. The molecule has 0 radical (unpaired) electrons. The number of nitrogens with zero attached hydrogens (tertiary/aromatic N) is 1. The van der Waals surface area contributed by atoms with Gasteiger partial charge >= 0.3 is 0 Å². The van der Waals surface area contributed by atoms with Gasteiger partial charge in [-0.25, -0.2) is 4.98 Å². The van der Waals surface area contributed by atoms with Gasteiger partial charge in [-0.3, -0.25) is 4.79 Å². The van der Waals surface area contributed by atoms with Crippen LogP contribution in [0.2, 0.25) is 10.0 Å². The van der Waals surface area contributed by atoms with Gasteiger partial charge in [0, 0.05) is 15.7 Å². The lowest BCUT2D eigenvalue weighted by atomic mass is 10.2. The second kappa shape index (κ2) is 7.05. The summed E-state index contributed by atoms with van der Waals surface area (Å²) in [6, 6.07) is 10.9. The number of aryl methyl sites for hydroxylation is 1. The van der Waals surface area contributed by atoms with E-state index in [-0.39, 0.29) is 11.2 Å². The van der Waals surface area contributed by atoms with Crippen molar-refractivity contribution in [2.24, 2.45) is 0 Å². The number of carbonyl (C=O) groups excluding carboxylic acids is 1. The molecule has 1 amide bonds. The monoisotopic (exact) mass is 379 g/mol. The maximum Gasteiger partial charge on any atom is 0.237 e. The summed E-state index contributed by atoms with van der Waals surface area (Å²) in [5.41, 5.74) is 3.58. The molecular formula is C17H15Cl2N3OS. The molecule has 0 saturated heterocycles. The molecule has 24 heavy (non-hydrogen) atoms. The van der Waals surface area contributed by atoms with E-state index in [1.165, 1.54) is 11.8 Å². The summed E-state index contributed by atoms with van der Waals surface area (Å²) in [5.74, 6) is -0.144. The zero-order valence-electron chi connectivity index (χ0n) is 13.1. The van der Waals surface area contributed by atoms with E-state index >= 15 is 0 Å². The van der Waals surface area contributed by atoms with Gasteiger partial charge in [-0.1, -0.05) is 41.0 Å². The van der Waals surface area contributed by atoms with Gasteiger partial charge in [-0.05, 0) is 49.7 Å². The molecule has 1 unspecified atom stereocenters. The predicted molar refractivity (Wildman–Crippen MR) is 101 cm³/mol. The quantitative estimate of drug-likeness (QED) is 0.604. The van der Waals surface area contributed by atoms with E-state index in [1.54, 1.807) is 18.2 Å². The molecule has 3 aromatic rings. The van der Waals surface area contributed by atoms with Crippen molar-refractivity contribution in [3.63, 3.8) is 0 Å². The van der Waals surface area contributed by atoms with E-state index < -0.39 is 0 Å². The van der Waals surface area contributed by atoms with Crippen LogP contribution < -0.4 is 5.32 Å². The average Bonchev–Trinajstić information content (AvgIpc) is 2.87. The Hall–Kier alpha value is -1.69. The molecule has 1 aromatic heterocycles. The average molecular weight is 380 g/mol. The van der Waals surface area contributed by atoms with Gasteiger partial charge < -0.3 is 10.3 Å². The summed E-state index contributed by atoms with van der Waals surface area (Å²) < 4.78 is 0. The minimum atomic E-state index is -0.329. The van der Waals surface area contributed by atoms with Crippen LogP contribution in [0.15, 0.2) is 41.6 Å². The molecule has 0 aliphatic carbocycles. The number of hydrogen-bond donors (Lipinski definition) is 2. The molecule has 7 heteroatoms. The van der Waals surface area contributed by atoms with E-state index in [2.05, 4.69) is 15.3 Å². The lowest BCUT2D eigenvalue weighted by Gasteiger charge is -2.11. The number of H-pyrrole nitrogens is 1. The molecule has 124 valence electrons. The standard InChI is InChI=1S/C17H15Cl2N3OS/c1-9-3-4-14-15(5-9)22-17(21-14)24-10(2)16(23)20-13-7-11(18)6-12(19)8-13/h3-8,10H,1-2H3,(H,20,23)(H,21,22). The van der Waals surface area contributed by atoms with Gasteiger partial charge in [0.1, 0.15) is 0 Å². The maximum atomic E-state index is 12.3. The Morgan fingerprint density at radius 1 is 1.21 bits per heavy atom. The normalized spacial score (nSPS) is 12.3. The minimum absolute atomic E-state index is 0.144. The largest absolute Gasteiger partial charge is 0.333 e. The van der Waals surface area contributed by atoms with Crippen LogP contribution in [-0.2, 0) is 4.79 Å². The lowest BCUT2D eigenvalue weighted by molar-refractivity contribution is -0.115. The van der Waals surface area contributed by atoms with Crippen molar-refractivity contribution in [2.75, 3.05) is 5.32 Å². The Morgan fingerprint density at radius 2 is 1.92 bits per heavy atom. The van der Waals surface area contributed by atoms with E-state index in [0.717, 1.165) is 16.6 Å². The van der Waals surface area contributed by atoms with Gasteiger partial charge in [-0.15, -0.1) is 0 Å². The molecule has 2 aromatic carbocycles. The fraction of sp³-hybridized carbons (Fsp3) is 0.176. The highest BCUT2D eigenvalue weighted by molar-refractivity contribution is 8.00. The Bertz CT molecular complexity index is 890. The number of aromatic nitrogens is 2. The van der Waals surface area contributed by atoms with Crippen LogP contribution in [0.4, 0.5) is 5.69 Å². The molecule has 0 aliphatic rings. The third-order valence-corrected chi connectivity index (χ3v) is 4.82. The zero-order chi connectivity index (χ0) is 17.3. The Labute approximate surface area is 153 Å². The van der Waals surface area contributed by atoms with E-state index in [1.807, 2.05) is 32.0 Å². The molecule has 0 fully saturated rings. The first kappa shape index (κ1) is 17.1. The summed E-state index contributed by atoms with van der Waals surface area (Å²) in [7, 11) is 0. The van der Waals surface area contributed by atoms with Crippen molar-refractivity contribution >= 4 is 57.6 Å². The fourth-order valence-corrected chi connectivity index (χ4v) is 3.59. The highest BCUT2D eigenvalue weighted by Crippen LogP contribution is 2.26. The first-order valence-corrected chi connectivity index (χ1v) is 8.94. The molecule has 3 rings (SSSR count). The van der Waals surface area contributed by atoms with Crippen molar-refractivity contribution in [3.05, 3.63) is 52.0 Å². The molecule has 4 nitrogen and oxygen atoms in total. The number of anilines is 1. The van der Waals surface area contributed by atoms with Crippen LogP contribution in [0.5, 0.6) is 0 Å². The number of thioether (sulfide) groups is 1. The van der Waals surface area contributed by atoms with Crippen LogP contribution in [0, 0.1) is 6.92 Å². The fourth-order valence-electron chi connectivity index (χ4n) is 2.25. The number of halogens is 2. The second-order valence-corrected chi connectivity index (χ2v) is 7.67. The Kier molecular flexibility index (Phi) is 5.04. The highest BCUT2D eigenvalue weighted by atomic mass is 35.5. The van der Waals surface area contributed by atoms with Crippen LogP contribution in [0.1, 0.15) is 12.5 Å². The summed E-state index contributed by atoms with van der Waals surface area (Å²) in [6.45, 7) is 3.85. The smallest absolute Gasteiger partial charge is 0.237 e. The lowest BCUT2D eigenvalue weighted by Crippen LogP contribution is -2.22. The first-order chi connectivity index (χ1) is 11.4. The van der Waals surface area contributed by atoms with Crippen LogP contribution in [0.25, 0.3) is 11.0 Å². The van der Waals surface area contributed by atoms with Gasteiger partial charge in [0.05, 0.1) is 16.3 Å². The van der Waals surface area contributed by atoms with Crippen LogP contribution in [-0.4, -0.2) is 21.1 Å². The molecule has 2 N–H and O–H groups in total. The van der Waals surface area contributed by atoms with Crippen LogP contribution in [0.3, 0.4) is 0 Å². The molecule has 1 heterocycles. The molecule has 0 bridgehead atoms. The first-order valence-electron chi connectivity index (χ1n) is 7.31. The number of nitrogens with one attached hydrogen (secondary N) is 2. The van der Waals surface area contributed by atoms with Gasteiger partial charge in [0.15, 0.2) is 5.16 Å². The maximum absolute atomic E-state index is 12.3.